The number of nitrogens with zero attached hydrogens (tertiary/aromatic N) is 1. The lowest BCUT2D eigenvalue weighted by Gasteiger charge is -2.43. The topological polar surface area (TPSA) is 26.0 Å². The molecule has 3 heterocycles. The van der Waals surface area contributed by atoms with Crippen LogP contribution in [-0.2, 0) is 0 Å². The molecule has 2 aliphatic heterocycles. The van der Waals surface area contributed by atoms with Crippen LogP contribution in [0.1, 0.15) is 27.7 Å². The Balaban J connectivity index is 1.92. The highest BCUT2D eigenvalue weighted by atomic mass is 32.2. The fourth-order valence-corrected chi connectivity index (χ4v) is 7.20. The second-order valence-electron chi connectivity index (χ2n) is 7.17. The summed E-state index contributed by atoms with van der Waals surface area (Å²) < 4.78 is 6.28. The van der Waals surface area contributed by atoms with E-state index < -0.39 is 0 Å². The van der Waals surface area contributed by atoms with Crippen LogP contribution in [0.2, 0.25) is 0 Å². The maximum atomic E-state index is 6.34. The number of aromatic nitrogens is 1. The zero-order valence-corrected chi connectivity index (χ0v) is 16.3. The smallest absolute Gasteiger partial charge is 0.227 e. The molecule has 25 heavy (non-hydrogen) atoms. The number of benzene rings is 1. The second-order valence-corrected chi connectivity index (χ2v) is 10.5. The average molecular weight is 366 g/mol. The molecule has 0 unspecified atom stereocenters. The van der Waals surface area contributed by atoms with Gasteiger partial charge in [-0.3, -0.25) is 0 Å². The molecular weight excluding hydrogens is 346 g/mol. The first-order valence-corrected chi connectivity index (χ1v) is 10.1. The van der Waals surface area contributed by atoms with Gasteiger partial charge in [-0.25, -0.2) is 4.98 Å². The minimum absolute atomic E-state index is 0.0246. The lowest BCUT2D eigenvalue weighted by molar-refractivity contribution is 0.526. The zero-order chi connectivity index (χ0) is 17.4. The summed E-state index contributed by atoms with van der Waals surface area (Å²) in [4.78, 5) is 7.63. The van der Waals surface area contributed by atoms with E-state index in [4.69, 9.17) is 9.40 Å². The molecule has 0 N–H and O–H groups in total. The third kappa shape index (κ3) is 1.92. The van der Waals surface area contributed by atoms with Crippen molar-refractivity contribution in [2.75, 3.05) is 0 Å². The molecule has 2 atom stereocenters. The molecule has 4 heteroatoms. The normalized spacial score (nSPS) is 29.9. The molecule has 126 valence electrons. The van der Waals surface area contributed by atoms with Crippen molar-refractivity contribution in [1.82, 2.24) is 4.98 Å². The molecule has 5 rings (SSSR count). The van der Waals surface area contributed by atoms with Gasteiger partial charge in [0.1, 0.15) is 5.35 Å². The van der Waals surface area contributed by atoms with Gasteiger partial charge in [0.15, 0.2) is 5.42 Å². The minimum atomic E-state index is -0.0359. The Morgan fingerprint density at radius 2 is 1.48 bits per heavy atom. The summed E-state index contributed by atoms with van der Waals surface area (Å²) >= 11 is 3.92. The molecule has 1 aromatic carbocycles. The highest BCUT2D eigenvalue weighted by Crippen LogP contribution is 2.63. The first kappa shape index (κ1) is 15.6. The Labute approximate surface area is 155 Å². The Morgan fingerprint density at radius 1 is 0.880 bits per heavy atom. The standard InChI is InChI=1S/C21H19NOS2/c1-12-10-15-17-18(23-19(22-17)14-8-6-5-7-9-14)16-11-13(2)25-21(16,4)20(15,3)24-12/h5-11H,1-4H3/t20-,21-/m1/s1. The largest absolute Gasteiger partial charge is 0.436 e. The quantitative estimate of drug-likeness (QED) is 0.744. The van der Waals surface area contributed by atoms with Crippen LogP contribution in [0.25, 0.3) is 22.6 Å². The summed E-state index contributed by atoms with van der Waals surface area (Å²) in [5, 5.41) is 1.02. The Morgan fingerprint density at radius 3 is 2.16 bits per heavy atom. The molecule has 1 aromatic heterocycles. The molecule has 3 aliphatic rings. The SMILES string of the molecule is CC1=CC2=c3nc(-c4ccccc4)oc3=C3C=C(C)S[C@@]3(C)[C@]2(C)S1. The molecule has 2 aromatic rings. The van der Waals surface area contributed by atoms with Gasteiger partial charge in [-0.2, -0.15) is 0 Å². The molecule has 0 fully saturated rings. The van der Waals surface area contributed by atoms with E-state index in [1.807, 2.05) is 41.7 Å². The summed E-state index contributed by atoms with van der Waals surface area (Å²) in [6.07, 6.45) is 4.59. The third-order valence-corrected chi connectivity index (χ3v) is 8.59. The molecule has 0 radical (unpaired) electrons. The zero-order valence-electron chi connectivity index (χ0n) is 14.7. The van der Waals surface area contributed by atoms with Crippen LogP contribution in [0, 0.1) is 0 Å². The van der Waals surface area contributed by atoms with Gasteiger partial charge in [-0.15, -0.1) is 23.5 Å². The van der Waals surface area contributed by atoms with Gasteiger partial charge in [0.25, 0.3) is 0 Å². The molecule has 0 spiro atoms. The van der Waals surface area contributed by atoms with E-state index in [1.54, 1.807) is 0 Å². The van der Waals surface area contributed by atoms with E-state index in [0.29, 0.717) is 5.89 Å². The lowest BCUT2D eigenvalue weighted by Crippen LogP contribution is -2.53. The summed E-state index contributed by atoms with van der Waals surface area (Å²) in [6.45, 7) is 9.10. The van der Waals surface area contributed by atoms with Crippen LogP contribution >= 0.6 is 23.5 Å². The van der Waals surface area contributed by atoms with E-state index in [2.05, 4.69) is 52.0 Å². The highest BCUT2D eigenvalue weighted by Gasteiger charge is 2.57. The first-order chi connectivity index (χ1) is 11.9. The number of hydrogen-bond donors (Lipinski definition) is 0. The van der Waals surface area contributed by atoms with E-state index in [-0.39, 0.29) is 9.49 Å². The van der Waals surface area contributed by atoms with Gasteiger partial charge in [0.2, 0.25) is 5.89 Å². The average Bonchev–Trinajstić information content (AvgIpc) is 3.22. The first-order valence-electron chi connectivity index (χ1n) is 8.49. The van der Waals surface area contributed by atoms with E-state index in [1.165, 1.54) is 21.0 Å². The van der Waals surface area contributed by atoms with E-state index in [9.17, 15) is 0 Å². The van der Waals surface area contributed by atoms with Crippen molar-refractivity contribution < 1.29 is 4.42 Å². The van der Waals surface area contributed by atoms with Crippen molar-refractivity contribution >= 4 is 34.7 Å². The van der Waals surface area contributed by atoms with Gasteiger partial charge in [0, 0.05) is 16.7 Å². The van der Waals surface area contributed by atoms with Crippen LogP contribution in [0.3, 0.4) is 0 Å². The maximum absolute atomic E-state index is 6.34. The van der Waals surface area contributed by atoms with Crippen LogP contribution < -0.4 is 10.8 Å². The van der Waals surface area contributed by atoms with Crippen molar-refractivity contribution in [1.29, 1.82) is 0 Å². The van der Waals surface area contributed by atoms with Crippen LogP contribution in [0.4, 0.5) is 0 Å². The van der Waals surface area contributed by atoms with Gasteiger partial charge in [-0.1, -0.05) is 18.2 Å². The van der Waals surface area contributed by atoms with Crippen molar-refractivity contribution in [2.45, 2.75) is 37.2 Å². The number of allylic oxidation sites excluding steroid dienone is 4. The van der Waals surface area contributed by atoms with E-state index >= 15 is 0 Å². The van der Waals surface area contributed by atoms with Crippen LogP contribution in [0.15, 0.2) is 56.7 Å². The number of hydrogen-bond acceptors (Lipinski definition) is 4. The van der Waals surface area contributed by atoms with Crippen LogP contribution in [0.5, 0.6) is 0 Å². The van der Waals surface area contributed by atoms with E-state index in [0.717, 1.165) is 16.3 Å². The highest BCUT2D eigenvalue weighted by molar-refractivity contribution is 8.09. The molecule has 0 bridgehead atoms. The predicted molar refractivity (Wildman–Crippen MR) is 108 cm³/mol. The fraction of sp³-hybridized carbons (Fsp3) is 0.286. The molecular formula is C21H19NOS2. The summed E-state index contributed by atoms with van der Waals surface area (Å²) in [7, 11) is 0. The van der Waals surface area contributed by atoms with Crippen molar-refractivity contribution in [2.24, 2.45) is 0 Å². The van der Waals surface area contributed by atoms with Crippen molar-refractivity contribution in [3.8, 4) is 11.5 Å². The monoisotopic (exact) mass is 365 g/mol. The Kier molecular flexibility index (Phi) is 3.09. The summed E-state index contributed by atoms with van der Waals surface area (Å²) in [5.74, 6) is 0.711. The predicted octanol–water partition coefficient (Wildman–Crippen LogP) is 4.48. The van der Waals surface area contributed by atoms with Gasteiger partial charge < -0.3 is 4.42 Å². The second kappa shape index (κ2) is 4.95. The fourth-order valence-electron chi connectivity index (χ4n) is 4.17. The summed E-state index contributed by atoms with van der Waals surface area (Å²) in [6, 6.07) is 10.2. The third-order valence-electron chi connectivity index (χ3n) is 5.51. The van der Waals surface area contributed by atoms with Gasteiger partial charge in [-0.05, 0) is 61.8 Å². The summed E-state index contributed by atoms with van der Waals surface area (Å²) in [5.41, 5.74) is 4.56. The van der Waals surface area contributed by atoms with Gasteiger partial charge in [0.05, 0.1) is 9.49 Å². The lowest BCUT2D eigenvalue weighted by atomic mass is 9.78. The van der Waals surface area contributed by atoms with Crippen LogP contribution in [-0.4, -0.2) is 14.5 Å². The Hall–Kier alpha value is -1.65. The van der Waals surface area contributed by atoms with Crippen molar-refractivity contribution in [3.05, 3.63) is 63.1 Å². The molecule has 0 amide bonds. The molecule has 0 saturated carbocycles. The number of rotatable bonds is 1. The number of oxazole rings is 1. The molecule has 2 nitrogen and oxygen atoms in total. The maximum Gasteiger partial charge on any atom is 0.227 e. The Bertz CT molecular complexity index is 1030. The number of fused-ring (bicyclic) bond motifs is 4. The molecule has 0 saturated heterocycles. The minimum Gasteiger partial charge on any atom is -0.436 e. The number of thioether (sulfide) groups is 2. The van der Waals surface area contributed by atoms with Crippen molar-refractivity contribution in [3.63, 3.8) is 0 Å². The van der Waals surface area contributed by atoms with Gasteiger partial charge >= 0.3 is 0 Å². The molecule has 1 aliphatic carbocycles.